The van der Waals surface area contributed by atoms with Crippen molar-refractivity contribution in [3.8, 4) is 17.0 Å². The normalized spacial score (nSPS) is 10.7. The first kappa shape index (κ1) is 18.6. The van der Waals surface area contributed by atoms with Gasteiger partial charge in [-0.05, 0) is 35.7 Å². The lowest BCUT2D eigenvalue weighted by atomic mass is 10.1. The van der Waals surface area contributed by atoms with Crippen LogP contribution in [0.5, 0.6) is 5.75 Å². The summed E-state index contributed by atoms with van der Waals surface area (Å²) in [4.78, 5) is 4.56. The van der Waals surface area contributed by atoms with E-state index in [4.69, 9.17) is 4.74 Å². The number of nitrogens with one attached hydrogen (secondary N) is 1. The zero-order valence-electron chi connectivity index (χ0n) is 15.0. The van der Waals surface area contributed by atoms with E-state index in [0.717, 1.165) is 39.7 Å². The van der Waals surface area contributed by atoms with Gasteiger partial charge < -0.3 is 4.74 Å². The lowest BCUT2D eigenvalue weighted by molar-refractivity contribution is 0.360. The van der Waals surface area contributed by atoms with Gasteiger partial charge >= 0.3 is 0 Å². The molecule has 1 aromatic heterocycles. The quantitative estimate of drug-likeness (QED) is 0.303. The first-order chi connectivity index (χ1) is 13.3. The summed E-state index contributed by atoms with van der Waals surface area (Å²) in [5.74, 6) is 0.840. The summed E-state index contributed by atoms with van der Waals surface area (Å²) in [5.41, 5.74) is 7.07. The van der Waals surface area contributed by atoms with Crippen molar-refractivity contribution in [1.82, 2.24) is 4.98 Å². The zero-order valence-corrected chi connectivity index (χ0v) is 15.8. The van der Waals surface area contributed by atoms with Gasteiger partial charge in [0.15, 0.2) is 0 Å². The van der Waals surface area contributed by atoms with E-state index in [0.29, 0.717) is 6.61 Å². The Bertz CT molecular complexity index is 932. The van der Waals surface area contributed by atoms with Crippen molar-refractivity contribution in [3.05, 3.63) is 90.3 Å². The Labute approximate surface area is 163 Å². The van der Waals surface area contributed by atoms with Crippen LogP contribution in [0.15, 0.2) is 84.3 Å². The fourth-order valence-electron chi connectivity index (χ4n) is 2.51. The number of ether oxygens (including phenoxy) is 1. The Balaban J connectivity index is 1.67. The molecule has 27 heavy (non-hydrogen) atoms. The highest BCUT2D eigenvalue weighted by molar-refractivity contribution is 7.14. The van der Waals surface area contributed by atoms with Gasteiger partial charge in [0.05, 0.1) is 11.9 Å². The van der Waals surface area contributed by atoms with E-state index >= 15 is 0 Å². The van der Waals surface area contributed by atoms with Gasteiger partial charge in [0.2, 0.25) is 5.13 Å². The van der Waals surface area contributed by atoms with Crippen molar-refractivity contribution in [1.29, 1.82) is 0 Å². The lowest BCUT2D eigenvalue weighted by Gasteiger charge is -2.09. The van der Waals surface area contributed by atoms with E-state index in [2.05, 4.69) is 28.7 Å². The molecule has 3 aromatic rings. The largest absolute Gasteiger partial charge is 0.489 e. The molecule has 0 aliphatic heterocycles. The molecule has 0 fully saturated rings. The SMILES string of the molecule is C=CCOc1ccc(C=NNc2nc(-c3ccccc3)cs2)cc1CC=C. The van der Waals surface area contributed by atoms with E-state index in [-0.39, 0.29) is 0 Å². The maximum absolute atomic E-state index is 5.68. The number of hydrazone groups is 1. The number of anilines is 1. The molecule has 0 aliphatic rings. The molecule has 5 heteroatoms. The van der Waals surface area contributed by atoms with Gasteiger partial charge in [0, 0.05) is 10.9 Å². The molecule has 0 unspecified atom stereocenters. The van der Waals surface area contributed by atoms with Crippen molar-refractivity contribution in [2.45, 2.75) is 6.42 Å². The summed E-state index contributed by atoms with van der Waals surface area (Å²) in [6.07, 6.45) is 6.09. The van der Waals surface area contributed by atoms with Crippen LogP contribution in [0.3, 0.4) is 0 Å². The van der Waals surface area contributed by atoms with Gasteiger partial charge in [-0.25, -0.2) is 4.98 Å². The summed E-state index contributed by atoms with van der Waals surface area (Å²) in [5, 5.41) is 7.07. The number of nitrogens with zero attached hydrogens (tertiary/aromatic N) is 2. The molecule has 0 aliphatic carbocycles. The van der Waals surface area contributed by atoms with Crippen LogP contribution >= 0.6 is 11.3 Å². The van der Waals surface area contributed by atoms with Crippen LogP contribution < -0.4 is 10.2 Å². The average molecular weight is 375 g/mol. The summed E-state index contributed by atoms with van der Waals surface area (Å²) in [7, 11) is 0. The van der Waals surface area contributed by atoms with Crippen LogP contribution in [0.25, 0.3) is 11.3 Å². The fourth-order valence-corrected chi connectivity index (χ4v) is 3.18. The van der Waals surface area contributed by atoms with Gasteiger partial charge in [0.25, 0.3) is 0 Å². The Hall–Kier alpha value is -3.18. The molecule has 136 valence electrons. The second-order valence-electron chi connectivity index (χ2n) is 5.73. The predicted molar refractivity (Wildman–Crippen MR) is 115 cm³/mol. The number of benzene rings is 2. The number of aromatic nitrogens is 1. The molecule has 0 saturated carbocycles. The van der Waals surface area contributed by atoms with Gasteiger partial charge in [-0.15, -0.1) is 17.9 Å². The third-order valence-electron chi connectivity index (χ3n) is 3.75. The molecule has 0 spiro atoms. The molecule has 1 N–H and O–H groups in total. The molecule has 0 radical (unpaired) electrons. The first-order valence-corrected chi connectivity index (χ1v) is 9.45. The second kappa shape index (κ2) is 9.50. The molecule has 0 saturated heterocycles. The van der Waals surface area contributed by atoms with Crippen LogP contribution in [0.1, 0.15) is 11.1 Å². The Kier molecular flexibility index (Phi) is 6.55. The summed E-state index contributed by atoms with van der Waals surface area (Å²) in [6.45, 7) is 7.97. The van der Waals surface area contributed by atoms with E-state index in [9.17, 15) is 0 Å². The van der Waals surface area contributed by atoms with E-state index in [1.54, 1.807) is 12.3 Å². The van der Waals surface area contributed by atoms with Gasteiger partial charge in [-0.3, -0.25) is 5.43 Å². The zero-order chi connectivity index (χ0) is 18.9. The highest BCUT2D eigenvalue weighted by Crippen LogP contribution is 2.24. The molecule has 0 bridgehead atoms. The maximum Gasteiger partial charge on any atom is 0.203 e. The Morgan fingerprint density at radius 3 is 2.74 bits per heavy atom. The third-order valence-corrected chi connectivity index (χ3v) is 4.50. The highest BCUT2D eigenvalue weighted by atomic mass is 32.1. The predicted octanol–water partition coefficient (Wildman–Crippen LogP) is 5.55. The molecule has 4 nitrogen and oxygen atoms in total. The molecule has 0 atom stereocenters. The molecule has 3 rings (SSSR count). The van der Waals surface area contributed by atoms with Gasteiger partial charge in [0.1, 0.15) is 12.4 Å². The summed E-state index contributed by atoms with van der Waals surface area (Å²) in [6, 6.07) is 16.0. The summed E-state index contributed by atoms with van der Waals surface area (Å²) < 4.78 is 5.68. The Morgan fingerprint density at radius 2 is 1.96 bits per heavy atom. The number of hydrogen-bond acceptors (Lipinski definition) is 5. The monoisotopic (exact) mass is 375 g/mol. The van der Waals surface area contributed by atoms with Crippen LogP contribution in [0.2, 0.25) is 0 Å². The lowest BCUT2D eigenvalue weighted by Crippen LogP contribution is -1.98. The van der Waals surface area contributed by atoms with Crippen molar-refractivity contribution in [3.63, 3.8) is 0 Å². The van der Waals surface area contributed by atoms with Crippen LogP contribution in [0, 0.1) is 0 Å². The fraction of sp³-hybridized carbons (Fsp3) is 0.0909. The number of allylic oxidation sites excluding steroid dienone is 1. The van der Waals surface area contributed by atoms with Gasteiger partial charge in [-0.1, -0.05) is 49.1 Å². The van der Waals surface area contributed by atoms with Gasteiger partial charge in [-0.2, -0.15) is 5.10 Å². The number of rotatable bonds is 9. The molecular formula is C22H21N3OS. The topological polar surface area (TPSA) is 46.5 Å². The molecule has 0 amide bonds. The molecule has 2 aromatic carbocycles. The minimum Gasteiger partial charge on any atom is -0.489 e. The smallest absolute Gasteiger partial charge is 0.203 e. The minimum absolute atomic E-state index is 0.479. The summed E-state index contributed by atoms with van der Waals surface area (Å²) >= 11 is 1.52. The molecule has 1 heterocycles. The maximum atomic E-state index is 5.68. The standard InChI is InChI=1S/C22H21N3OS/c1-3-8-19-14-17(11-12-21(19)26-13-4-2)15-23-25-22-24-20(16-27-22)18-9-6-5-7-10-18/h3-7,9-12,14-16H,1-2,8,13H2,(H,24,25). The average Bonchev–Trinajstić information content (AvgIpc) is 3.17. The van der Waals surface area contributed by atoms with Crippen molar-refractivity contribution < 1.29 is 4.74 Å². The Morgan fingerprint density at radius 1 is 1.11 bits per heavy atom. The highest BCUT2D eigenvalue weighted by Gasteiger charge is 2.04. The van der Waals surface area contributed by atoms with E-state index in [1.165, 1.54) is 11.3 Å². The number of thiazole rings is 1. The van der Waals surface area contributed by atoms with Crippen LogP contribution in [-0.4, -0.2) is 17.8 Å². The van der Waals surface area contributed by atoms with Crippen LogP contribution in [-0.2, 0) is 6.42 Å². The van der Waals surface area contributed by atoms with E-state index in [1.807, 2.05) is 60.0 Å². The first-order valence-electron chi connectivity index (χ1n) is 8.57. The second-order valence-corrected chi connectivity index (χ2v) is 6.59. The van der Waals surface area contributed by atoms with Crippen molar-refractivity contribution in [2.24, 2.45) is 5.10 Å². The third kappa shape index (κ3) is 5.15. The number of hydrogen-bond donors (Lipinski definition) is 1. The molecular weight excluding hydrogens is 354 g/mol. The van der Waals surface area contributed by atoms with Crippen molar-refractivity contribution in [2.75, 3.05) is 12.0 Å². The van der Waals surface area contributed by atoms with Crippen molar-refractivity contribution >= 4 is 22.7 Å². The minimum atomic E-state index is 0.479. The van der Waals surface area contributed by atoms with E-state index < -0.39 is 0 Å². The van der Waals surface area contributed by atoms with Crippen LogP contribution in [0.4, 0.5) is 5.13 Å².